The van der Waals surface area contributed by atoms with Crippen molar-refractivity contribution in [1.29, 1.82) is 0 Å². The minimum Gasteiger partial charge on any atom is -0.301 e. The zero-order chi connectivity index (χ0) is 19.3. The second kappa shape index (κ2) is 6.32. The minimum absolute atomic E-state index is 0.159. The van der Waals surface area contributed by atoms with Gasteiger partial charge in [-0.05, 0) is 45.3 Å². The van der Waals surface area contributed by atoms with E-state index in [1.165, 1.54) is 4.90 Å². The van der Waals surface area contributed by atoms with Crippen LogP contribution in [0.15, 0.2) is 30.3 Å². The van der Waals surface area contributed by atoms with Gasteiger partial charge < -0.3 is 4.90 Å². The number of benzene rings is 1. The predicted molar refractivity (Wildman–Crippen MR) is 104 cm³/mol. The maximum Gasteiger partial charge on any atom is 0.247 e. The minimum atomic E-state index is -0.520. The fraction of sp³-hybridized carbons (Fsp3) is 0.500. The van der Waals surface area contributed by atoms with Gasteiger partial charge in [0, 0.05) is 5.56 Å². The molecule has 1 aliphatic carbocycles. The average Bonchev–Trinajstić information content (AvgIpc) is 2.86. The number of amides is 3. The molecule has 0 aromatic heterocycles. The number of hydrogen-bond acceptors (Lipinski definition) is 3. The Morgan fingerprint density at radius 2 is 1.67 bits per heavy atom. The number of carbonyl (C=O) groups is 3. The van der Waals surface area contributed by atoms with Gasteiger partial charge in [0.1, 0.15) is 6.54 Å². The molecule has 0 N–H and O–H groups in total. The third kappa shape index (κ3) is 2.80. The first-order valence-electron chi connectivity index (χ1n) is 9.78. The Kier molecular flexibility index (Phi) is 4.21. The summed E-state index contributed by atoms with van der Waals surface area (Å²) < 4.78 is 0. The molecule has 5 heteroatoms. The number of hydrogen-bond donors (Lipinski definition) is 0. The van der Waals surface area contributed by atoms with Crippen molar-refractivity contribution in [2.24, 2.45) is 11.8 Å². The largest absolute Gasteiger partial charge is 0.301 e. The van der Waals surface area contributed by atoms with Gasteiger partial charge in [0.05, 0.1) is 23.1 Å². The number of rotatable bonds is 2. The van der Waals surface area contributed by atoms with Gasteiger partial charge in [-0.3, -0.25) is 19.3 Å². The molecule has 142 valence electrons. The molecule has 5 nitrogen and oxygen atoms in total. The first-order chi connectivity index (χ1) is 12.8. The SMILES string of the molecule is CC1=CC(C)(C)N(C(=O)CN2C(=O)[C@@H]3CCCC[C@H]3C2=O)c2ccccc21. The van der Waals surface area contributed by atoms with Gasteiger partial charge in [0.25, 0.3) is 0 Å². The lowest BCUT2D eigenvalue weighted by molar-refractivity contribution is -0.143. The molecule has 27 heavy (non-hydrogen) atoms. The summed E-state index contributed by atoms with van der Waals surface area (Å²) in [6, 6.07) is 7.79. The molecule has 1 saturated heterocycles. The van der Waals surface area contributed by atoms with Gasteiger partial charge in [0.2, 0.25) is 17.7 Å². The van der Waals surface area contributed by atoms with Crippen LogP contribution < -0.4 is 4.90 Å². The highest BCUT2D eigenvalue weighted by atomic mass is 16.2. The molecule has 3 amide bonds. The van der Waals surface area contributed by atoms with Gasteiger partial charge in [0.15, 0.2) is 0 Å². The lowest BCUT2D eigenvalue weighted by atomic mass is 9.81. The monoisotopic (exact) mass is 366 g/mol. The third-order valence-electron chi connectivity index (χ3n) is 6.19. The number of nitrogens with zero attached hydrogens (tertiary/aromatic N) is 2. The van der Waals surface area contributed by atoms with E-state index in [0.717, 1.165) is 42.5 Å². The zero-order valence-electron chi connectivity index (χ0n) is 16.2. The van der Waals surface area contributed by atoms with Crippen LogP contribution in [0.2, 0.25) is 0 Å². The van der Waals surface area contributed by atoms with Crippen LogP contribution in [0.5, 0.6) is 0 Å². The number of imide groups is 1. The highest BCUT2D eigenvalue weighted by Crippen LogP contribution is 2.40. The van der Waals surface area contributed by atoms with Gasteiger partial charge in [-0.15, -0.1) is 0 Å². The van der Waals surface area contributed by atoms with E-state index in [-0.39, 0.29) is 36.1 Å². The van der Waals surface area contributed by atoms with Crippen LogP contribution in [0.1, 0.15) is 52.0 Å². The van der Waals surface area contributed by atoms with E-state index in [0.29, 0.717) is 0 Å². The molecule has 2 fully saturated rings. The summed E-state index contributed by atoms with van der Waals surface area (Å²) in [4.78, 5) is 41.7. The molecule has 2 heterocycles. The number of allylic oxidation sites excluding steroid dienone is 1. The van der Waals surface area contributed by atoms with Crippen LogP contribution in [-0.4, -0.2) is 34.7 Å². The molecule has 2 atom stereocenters. The van der Waals surface area contributed by atoms with Crippen LogP contribution in [-0.2, 0) is 14.4 Å². The third-order valence-corrected chi connectivity index (χ3v) is 6.19. The smallest absolute Gasteiger partial charge is 0.247 e. The second-order valence-electron chi connectivity index (χ2n) is 8.49. The fourth-order valence-corrected chi connectivity index (χ4v) is 5.03. The summed E-state index contributed by atoms with van der Waals surface area (Å²) in [5.41, 5.74) is 2.45. The van der Waals surface area contributed by atoms with Gasteiger partial charge >= 0.3 is 0 Å². The van der Waals surface area contributed by atoms with Crippen LogP contribution >= 0.6 is 0 Å². The normalized spacial score (nSPS) is 26.6. The molecular weight excluding hydrogens is 340 g/mol. The summed E-state index contributed by atoms with van der Waals surface area (Å²) in [5, 5.41) is 0. The highest BCUT2D eigenvalue weighted by Gasteiger charge is 2.49. The van der Waals surface area contributed by atoms with E-state index >= 15 is 0 Å². The van der Waals surface area contributed by atoms with Gasteiger partial charge in [-0.2, -0.15) is 0 Å². The summed E-state index contributed by atoms with van der Waals surface area (Å²) in [7, 11) is 0. The van der Waals surface area contributed by atoms with E-state index in [2.05, 4.69) is 6.08 Å². The lowest BCUT2D eigenvalue weighted by Crippen LogP contribution is -2.53. The predicted octanol–water partition coefficient (Wildman–Crippen LogP) is 3.39. The van der Waals surface area contributed by atoms with Crippen molar-refractivity contribution in [3.05, 3.63) is 35.9 Å². The number of carbonyl (C=O) groups excluding carboxylic acids is 3. The quantitative estimate of drug-likeness (QED) is 0.754. The highest BCUT2D eigenvalue weighted by molar-refractivity contribution is 6.10. The number of para-hydroxylation sites is 1. The van der Waals surface area contributed by atoms with Crippen molar-refractivity contribution in [2.45, 2.75) is 52.0 Å². The maximum absolute atomic E-state index is 13.3. The number of likely N-dealkylation sites (tertiary alicyclic amines) is 1. The Balaban J connectivity index is 1.63. The van der Waals surface area contributed by atoms with Crippen molar-refractivity contribution < 1.29 is 14.4 Å². The molecule has 0 bridgehead atoms. The molecule has 2 aliphatic heterocycles. The summed E-state index contributed by atoms with van der Waals surface area (Å²) >= 11 is 0. The maximum atomic E-state index is 13.3. The number of fused-ring (bicyclic) bond motifs is 2. The molecule has 0 unspecified atom stereocenters. The zero-order valence-corrected chi connectivity index (χ0v) is 16.2. The van der Waals surface area contributed by atoms with Crippen LogP contribution in [0.4, 0.5) is 5.69 Å². The van der Waals surface area contributed by atoms with Gasteiger partial charge in [-0.1, -0.05) is 37.1 Å². The first kappa shape index (κ1) is 18.0. The molecular formula is C22H26N2O3. The Hall–Kier alpha value is -2.43. The molecule has 1 aromatic carbocycles. The van der Waals surface area contributed by atoms with E-state index in [1.807, 2.05) is 45.0 Å². The van der Waals surface area contributed by atoms with Gasteiger partial charge in [-0.25, -0.2) is 0 Å². The molecule has 0 radical (unpaired) electrons. The van der Waals surface area contributed by atoms with Crippen LogP contribution in [0.25, 0.3) is 5.57 Å². The lowest BCUT2D eigenvalue weighted by Gasteiger charge is -2.42. The van der Waals surface area contributed by atoms with E-state index in [4.69, 9.17) is 0 Å². The first-order valence-corrected chi connectivity index (χ1v) is 9.78. The molecule has 1 saturated carbocycles. The summed E-state index contributed by atoms with van der Waals surface area (Å²) in [5.74, 6) is -0.969. The van der Waals surface area contributed by atoms with E-state index in [9.17, 15) is 14.4 Å². The Bertz CT molecular complexity index is 831. The van der Waals surface area contributed by atoms with Crippen molar-refractivity contribution >= 4 is 29.0 Å². The Labute approximate surface area is 160 Å². The Morgan fingerprint density at radius 1 is 1.07 bits per heavy atom. The van der Waals surface area contributed by atoms with Crippen molar-refractivity contribution in [2.75, 3.05) is 11.4 Å². The van der Waals surface area contributed by atoms with Crippen molar-refractivity contribution in [3.63, 3.8) is 0 Å². The second-order valence-corrected chi connectivity index (χ2v) is 8.49. The standard InChI is InChI=1S/C22H26N2O3/c1-14-12-22(2,3)24(18-11-7-6-8-15(14)18)19(25)13-23-20(26)16-9-4-5-10-17(16)21(23)27/h6-8,11-12,16-17H,4-5,9-10,13H2,1-3H3/t16-,17-/m1/s1. The van der Waals surface area contributed by atoms with E-state index < -0.39 is 5.54 Å². The topological polar surface area (TPSA) is 57.7 Å². The summed E-state index contributed by atoms with van der Waals surface area (Å²) in [6.07, 6.45) is 5.57. The molecule has 0 spiro atoms. The molecule has 4 rings (SSSR count). The Morgan fingerprint density at radius 3 is 2.30 bits per heavy atom. The molecule has 1 aromatic rings. The summed E-state index contributed by atoms with van der Waals surface area (Å²) in [6.45, 7) is 5.84. The number of anilines is 1. The fourth-order valence-electron chi connectivity index (χ4n) is 5.03. The molecule has 3 aliphatic rings. The van der Waals surface area contributed by atoms with E-state index in [1.54, 1.807) is 4.90 Å². The average molecular weight is 366 g/mol. The van der Waals surface area contributed by atoms with Crippen LogP contribution in [0.3, 0.4) is 0 Å². The van der Waals surface area contributed by atoms with Crippen LogP contribution in [0, 0.1) is 11.8 Å². The van der Waals surface area contributed by atoms with Crippen molar-refractivity contribution in [1.82, 2.24) is 4.90 Å². The van der Waals surface area contributed by atoms with Crippen molar-refractivity contribution in [3.8, 4) is 0 Å².